The van der Waals surface area contributed by atoms with Crippen molar-refractivity contribution in [3.63, 3.8) is 0 Å². The highest BCUT2D eigenvalue weighted by Gasteiger charge is 2.34. The molecule has 0 saturated carbocycles. The number of anilines is 1. The summed E-state index contributed by atoms with van der Waals surface area (Å²) in [7, 11) is -7.58. The summed E-state index contributed by atoms with van der Waals surface area (Å²) in [6.07, 6.45) is 2.20. The molecule has 2 heterocycles. The number of sulfonamides is 1. The molecule has 1 N–H and O–H groups in total. The summed E-state index contributed by atoms with van der Waals surface area (Å²) in [6.45, 7) is -0.222. The molecule has 0 bridgehead atoms. The van der Waals surface area contributed by atoms with Crippen LogP contribution in [0.3, 0.4) is 0 Å². The Morgan fingerprint density at radius 3 is 2.42 bits per heavy atom. The van der Waals surface area contributed by atoms with Crippen LogP contribution in [0.4, 0.5) is 10.1 Å². The van der Waals surface area contributed by atoms with Crippen LogP contribution in [0.25, 0.3) is 0 Å². The Labute approximate surface area is 230 Å². The number of halogens is 3. The van der Waals surface area contributed by atoms with Crippen molar-refractivity contribution in [3.05, 3.63) is 88.4 Å². The van der Waals surface area contributed by atoms with Gasteiger partial charge in [0, 0.05) is 29.5 Å². The molecule has 14 heteroatoms. The zero-order valence-electron chi connectivity index (χ0n) is 19.9. The van der Waals surface area contributed by atoms with Gasteiger partial charge in [-0.05, 0) is 42.5 Å². The van der Waals surface area contributed by atoms with Gasteiger partial charge in [-0.15, -0.1) is 0 Å². The molecular formula is C24H22Cl2FN5O4S2. The van der Waals surface area contributed by atoms with Crippen molar-refractivity contribution in [1.82, 2.24) is 9.71 Å². The summed E-state index contributed by atoms with van der Waals surface area (Å²) < 4.78 is 66.9. The SMILES string of the molecule is CS(=O)(=O)CCN=C(NS(=O)(=O)c1ccc(Cl)nc1)C1=NN(c2ccc(Cl)cc2)C(c2ccccc2F)C1. The van der Waals surface area contributed by atoms with Gasteiger partial charge in [0.25, 0.3) is 10.0 Å². The van der Waals surface area contributed by atoms with Crippen molar-refractivity contribution >= 4 is 60.3 Å². The van der Waals surface area contributed by atoms with Gasteiger partial charge in [0.15, 0.2) is 5.84 Å². The van der Waals surface area contributed by atoms with Crippen LogP contribution in [0.15, 0.2) is 81.8 Å². The van der Waals surface area contributed by atoms with Crippen LogP contribution in [-0.4, -0.2) is 51.9 Å². The second kappa shape index (κ2) is 11.4. The van der Waals surface area contributed by atoms with Crippen LogP contribution in [0.5, 0.6) is 0 Å². The van der Waals surface area contributed by atoms with Gasteiger partial charge in [0.2, 0.25) is 0 Å². The fourth-order valence-corrected chi connectivity index (χ4v) is 5.34. The summed E-state index contributed by atoms with van der Waals surface area (Å²) >= 11 is 11.8. The molecule has 4 rings (SSSR count). The van der Waals surface area contributed by atoms with E-state index in [9.17, 15) is 21.2 Å². The summed E-state index contributed by atoms with van der Waals surface area (Å²) in [6, 6.07) is 14.8. The number of benzene rings is 2. The summed E-state index contributed by atoms with van der Waals surface area (Å²) in [4.78, 5) is 7.86. The standard InChI is InChI=1S/C24H22Cl2FN5O4S2/c1-37(33,34)13-12-28-24(31-38(35,36)18-10-11-23(26)29-15-18)21-14-22(19-4-2-3-5-20(19)27)32(30-21)17-8-6-16(25)7-9-17/h2-11,15,22H,12-14H2,1H3,(H,28,31). The number of sulfone groups is 1. The molecule has 0 aliphatic carbocycles. The van der Waals surface area contributed by atoms with E-state index in [1.54, 1.807) is 47.5 Å². The van der Waals surface area contributed by atoms with Gasteiger partial charge in [0.1, 0.15) is 31.4 Å². The van der Waals surface area contributed by atoms with Gasteiger partial charge < -0.3 is 0 Å². The predicted molar refractivity (Wildman–Crippen MR) is 147 cm³/mol. The maximum atomic E-state index is 14.9. The Kier molecular flexibility index (Phi) is 8.36. The minimum absolute atomic E-state index is 0.0721. The molecule has 0 spiro atoms. The number of pyridine rings is 1. The normalized spacial score (nSPS) is 16.4. The fourth-order valence-electron chi connectivity index (χ4n) is 3.69. The van der Waals surface area contributed by atoms with Crippen LogP contribution in [0, 0.1) is 5.82 Å². The molecule has 1 atom stereocenters. The minimum Gasteiger partial charge on any atom is -0.265 e. The smallest absolute Gasteiger partial charge is 0.264 e. The van der Waals surface area contributed by atoms with Gasteiger partial charge in [-0.1, -0.05) is 41.4 Å². The number of rotatable bonds is 8. The summed E-state index contributed by atoms with van der Waals surface area (Å²) in [5, 5.41) is 6.74. The highest BCUT2D eigenvalue weighted by molar-refractivity contribution is 7.90. The van der Waals surface area contributed by atoms with Gasteiger partial charge >= 0.3 is 0 Å². The quantitative estimate of drug-likeness (QED) is 0.235. The Morgan fingerprint density at radius 1 is 1.08 bits per heavy atom. The van der Waals surface area contributed by atoms with Crippen LogP contribution in [0.1, 0.15) is 18.0 Å². The van der Waals surface area contributed by atoms with Crippen molar-refractivity contribution in [1.29, 1.82) is 0 Å². The van der Waals surface area contributed by atoms with Crippen molar-refractivity contribution in [2.45, 2.75) is 17.4 Å². The van der Waals surface area contributed by atoms with Crippen LogP contribution < -0.4 is 9.73 Å². The third-order valence-corrected chi connectivity index (χ3v) is 8.24. The second-order valence-electron chi connectivity index (χ2n) is 8.39. The Hall–Kier alpha value is -3.06. The zero-order valence-corrected chi connectivity index (χ0v) is 23.1. The topological polar surface area (TPSA) is 121 Å². The van der Waals surface area contributed by atoms with Crippen molar-refractivity contribution in [2.75, 3.05) is 23.6 Å². The molecule has 9 nitrogen and oxygen atoms in total. The van der Waals surface area contributed by atoms with Crippen molar-refractivity contribution < 1.29 is 21.2 Å². The van der Waals surface area contributed by atoms with E-state index in [1.165, 1.54) is 18.2 Å². The lowest BCUT2D eigenvalue weighted by molar-refractivity contribution is 0.579. The lowest BCUT2D eigenvalue weighted by atomic mass is 10.0. The third kappa shape index (κ3) is 6.87. The maximum Gasteiger partial charge on any atom is 0.264 e. The van der Waals surface area contributed by atoms with Crippen molar-refractivity contribution in [2.24, 2.45) is 10.1 Å². The van der Waals surface area contributed by atoms with E-state index in [0.717, 1.165) is 12.5 Å². The molecule has 1 unspecified atom stereocenters. The van der Waals surface area contributed by atoms with E-state index in [0.29, 0.717) is 16.3 Å². The third-order valence-electron chi connectivity index (χ3n) is 5.51. The highest BCUT2D eigenvalue weighted by Crippen LogP contribution is 2.37. The summed E-state index contributed by atoms with van der Waals surface area (Å²) in [5.41, 5.74) is 1.10. The zero-order chi connectivity index (χ0) is 27.5. The molecule has 1 aliphatic heterocycles. The number of hydrogen-bond acceptors (Lipinski definition) is 8. The monoisotopic (exact) mass is 597 g/mol. The first kappa shape index (κ1) is 28.0. The molecule has 0 fully saturated rings. The maximum absolute atomic E-state index is 14.9. The Morgan fingerprint density at radius 2 is 1.79 bits per heavy atom. The van der Waals surface area contributed by atoms with Crippen molar-refractivity contribution in [3.8, 4) is 0 Å². The Balaban J connectivity index is 1.76. The van der Waals surface area contributed by atoms with E-state index in [2.05, 4.69) is 19.8 Å². The number of aliphatic imine (C=N–C) groups is 1. The van der Waals surface area contributed by atoms with Gasteiger partial charge in [-0.3, -0.25) is 14.7 Å². The van der Waals surface area contributed by atoms with Gasteiger partial charge in [-0.2, -0.15) is 5.10 Å². The molecular weight excluding hydrogens is 576 g/mol. The molecule has 38 heavy (non-hydrogen) atoms. The molecule has 0 saturated heterocycles. The van der Waals surface area contributed by atoms with Crippen LogP contribution >= 0.6 is 23.2 Å². The predicted octanol–water partition coefficient (Wildman–Crippen LogP) is 4.26. The molecule has 0 amide bonds. The fraction of sp³-hybridized carbons (Fsp3) is 0.208. The second-order valence-corrected chi connectivity index (χ2v) is 13.2. The largest absolute Gasteiger partial charge is 0.265 e. The number of aromatic nitrogens is 1. The van der Waals surface area contributed by atoms with E-state index >= 15 is 0 Å². The van der Waals surface area contributed by atoms with Crippen LogP contribution in [-0.2, 0) is 19.9 Å². The number of amidine groups is 1. The minimum atomic E-state index is -4.20. The number of nitrogens with zero attached hydrogens (tertiary/aromatic N) is 4. The van der Waals surface area contributed by atoms with Gasteiger partial charge in [-0.25, -0.2) is 26.2 Å². The molecule has 200 valence electrons. The first-order valence-corrected chi connectivity index (χ1v) is 15.5. The molecule has 3 aromatic rings. The Bertz CT molecular complexity index is 1600. The highest BCUT2D eigenvalue weighted by atomic mass is 35.5. The lowest BCUT2D eigenvalue weighted by Crippen LogP contribution is -2.36. The number of hydrazone groups is 1. The summed E-state index contributed by atoms with van der Waals surface area (Å²) in [5.74, 6) is -0.941. The molecule has 0 radical (unpaired) electrons. The number of hydrogen-bond donors (Lipinski definition) is 1. The molecule has 2 aromatic carbocycles. The van der Waals surface area contributed by atoms with E-state index < -0.39 is 31.7 Å². The average Bonchev–Trinajstić information content (AvgIpc) is 3.29. The van der Waals surface area contributed by atoms with E-state index in [1.807, 2.05) is 0 Å². The molecule has 1 aromatic heterocycles. The molecule has 1 aliphatic rings. The van der Waals surface area contributed by atoms with E-state index in [4.69, 9.17) is 23.2 Å². The first-order chi connectivity index (χ1) is 17.9. The van der Waals surface area contributed by atoms with Gasteiger partial charge in [0.05, 0.1) is 24.0 Å². The van der Waals surface area contributed by atoms with E-state index in [-0.39, 0.29) is 40.3 Å². The average molecular weight is 599 g/mol. The first-order valence-electron chi connectivity index (χ1n) is 11.2. The number of nitrogens with one attached hydrogen (secondary N) is 1. The lowest BCUT2D eigenvalue weighted by Gasteiger charge is -2.24. The van der Waals surface area contributed by atoms with Crippen LogP contribution in [0.2, 0.25) is 10.2 Å².